The highest BCUT2D eigenvalue weighted by molar-refractivity contribution is 7.47. The standard InChI is InChI=1S/C67H130O17P2/c1-6-9-12-15-17-19-21-23-24-25-27-29-33-37-42-47-52-66(71)84-63(57-78-65(70)51-46-41-36-32-28-26-22-20-18-16-13-10-7-2)59-82-86(75,76)80-55-61(68)54-79-85(73,74)81-58-62(56-77-64(69)50-45-39-14-11-8-3)83-67(72)53-48-43-38-34-30-31-35-40-44-49-60(4)5/h60-63,68H,6-59H2,1-5H3,(H,73,74)(H,75,76)/t61-,62+,63+/m0/s1. The summed E-state index contributed by atoms with van der Waals surface area (Å²) in [7, 11) is -9.88. The molecule has 17 nitrogen and oxygen atoms in total. The van der Waals surface area contributed by atoms with Crippen molar-refractivity contribution >= 4 is 39.5 Å². The number of esters is 4. The van der Waals surface area contributed by atoms with Gasteiger partial charge in [0.2, 0.25) is 0 Å². The predicted octanol–water partition coefficient (Wildman–Crippen LogP) is 19.0. The number of carbonyl (C=O) groups excluding carboxylic acids is 4. The fourth-order valence-corrected chi connectivity index (χ4v) is 11.7. The summed E-state index contributed by atoms with van der Waals surface area (Å²) in [5.74, 6) is -1.40. The highest BCUT2D eigenvalue weighted by Crippen LogP contribution is 2.45. The molecule has 0 heterocycles. The Bertz CT molecular complexity index is 1670. The molecule has 0 rings (SSSR count). The molecule has 510 valence electrons. The second kappa shape index (κ2) is 60.6. The van der Waals surface area contributed by atoms with Crippen LogP contribution in [0, 0.1) is 5.92 Å². The van der Waals surface area contributed by atoms with Gasteiger partial charge in [0.15, 0.2) is 12.2 Å². The van der Waals surface area contributed by atoms with E-state index >= 15 is 0 Å². The Morgan fingerprint density at radius 2 is 0.535 bits per heavy atom. The molecule has 3 N–H and O–H groups in total. The first kappa shape index (κ1) is 84.1. The first-order valence-corrected chi connectivity index (χ1v) is 38.1. The molecule has 0 amide bonds. The molecule has 0 saturated heterocycles. The number of aliphatic hydroxyl groups excluding tert-OH is 1. The Morgan fingerprint density at radius 1 is 0.314 bits per heavy atom. The lowest BCUT2D eigenvalue weighted by Gasteiger charge is -2.21. The highest BCUT2D eigenvalue weighted by atomic mass is 31.2. The van der Waals surface area contributed by atoms with E-state index in [-0.39, 0.29) is 25.7 Å². The second-order valence-electron chi connectivity index (χ2n) is 24.7. The minimum atomic E-state index is -4.95. The van der Waals surface area contributed by atoms with Gasteiger partial charge in [0, 0.05) is 25.7 Å². The normalized spacial score (nSPS) is 14.2. The molecule has 0 aromatic carbocycles. The first-order chi connectivity index (χ1) is 41.5. The summed E-state index contributed by atoms with van der Waals surface area (Å²) in [6.07, 6.45) is 46.1. The third-order valence-corrected chi connectivity index (χ3v) is 17.4. The maximum Gasteiger partial charge on any atom is 0.472 e. The first-order valence-electron chi connectivity index (χ1n) is 35.1. The van der Waals surface area contributed by atoms with Gasteiger partial charge in [-0.05, 0) is 31.6 Å². The maximum absolute atomic E-state index is 13.0. The zero-order chi connectivity index (χ0) is 63.5. The second-order valence-corrected chi connectivity index (χ2v) is 27.6. The van der Waals surface area contributed by atoms with Crippen LogP contribution in [0.25, 0.3) is 0 Å². The van der Waals surface area contributed by atoms with Crippen LogP contribution in [0.5, 0.6) is 0 Å². The van der Waals surface area contributed by atoms with Crippen LogP contribution in [0.2, 0.25) is 0 Å². The molecule has 19 heteroatoms. The molecular formula is C67H130O17P2. The van der Waals surface area contributed by atoms with Crippen LogP contribution in [0.3, 0.4) is 0 Å². The summed E-state index contributed by atoms with van der Waals surface area (Å²) in [5, 5.41) is 10.5. The van der Waals surface area contributed by atoms with Gasteiger partial charge in [0.05, 0.1) is 26.4 Å². The summed E-state index contributed by atoms with van der Waals surface area (Å²) in [5.41, 5.74) is 0. The van der Waals surface area contributed by atoms with Gasteiger partial charge in [0.25, 0.3) is 0 Å². The van der Waals surface area contributed by atoms with Crippen LogP contribution < -0.4 is 0 Å². The summed E-state index contributed by atoms with van der Waals surface area (Å²) >= 11 is 0. The molecule has 0 aromatic heterocycles. The van der Waals surface area contributed by atoms with Crippen molar-refractivity contribution in [2.45, 2.75) is 361 Å². The van der Waals surface area contributed by atoms with Crippen LogP contribution in [0.4, 0.5) is 0 Å². The third-order valence-electron chi connectivity index (χ3n) is 15.5. The minimum Gasteiger partial charge on any atom is -0.462 e. The number of hydrogen-bond donors (Lipinski definition) is 3. The van der Waals surface area contributed by atoms with Crippen molar-refractivity contribution in [3.8, 4) is 0 Å². The molecule has 0 aliphatic heterocycles. The predicted molar refractivity (Wildman–Crippen MR) is 345 cm³/mol. The van der Waals surface area contributed by atoms with E-state index in [1.165, 1.54) is 161 Å². The average molecular weight is 1270 g/mol. The van der Waals surface area contributed by atoms with Gasteiger partial charge >= 0.3 is 39.5 Å². The SMILES string of the molecule is CCCCCCCCCCCCCCCCCCC(=O)O[C@H](COC(=O)CCCCCCCCCCCCCCC)COP(=O)(O)OC[C@@H](O)COP(=O)(O)OC[C@@H](COC(=O)CCCCCCC)OC(=O)CCCCCCCCCCCC(C)C. The van der Waals surface area contributed by atoms with Crippen LogP contribution in [0.1, 0.15) is 343 Å². The Balaban J connectivity index is 5.16. The minimum absolute atomic E-state index is 0.105. The van der Waals surface area contributed by atoms with Crippen LogP contribution in [-0.2, 0) is 65.4 Å². The van der Waals surface area contributed by atoms with Crippen LogP contribution in [0.15, 0.2) is 0 Å². The summed E-state index contributed by atoms with van der Waals surface area (Å²) < 4.78 is 68.0. The number of hydrogen-bond acceptors (Lipinski definition) is 15. The van der Waals surface area contributed by atoms with Crippen molar-refractivity contribution in [2.24, 2.45) is 5.92 Å². The molecule has 0 spiro atoms. The third kappa shape index (κ3) is 60.9. The van der Waals surface area contributed by atoms with Crippen molar-refractivity contribution in [1.29, 1.82) is 0 Å². The van der Waals surface area contributed by atoms with E-state index < -0.39 is 97.5 Å². The van der Waals surface area contributed by atoms with E-state index in [9.17, 15) is 43.2 Å². The number of phosphoric acid groups is 2. The van der Waals surface area contributed by atoms with Gasteiger partial charge in [0.1, 0.15) is 19.3 Å². The largest absolute Gasteiger partial charge is 0.472 e. The van der Waals surface area contributed by atoms with E-state index in [1.807, 2.05) is 0 Å². The van der Waals surface area contributed by atoms with E-state index in [0.717, 1.165) is 102 Å². The Kier molecular flexibility index (Phi) is 59.2. The molecule has 0 radical (unpaired) electrons. The molecule has 0 saturated carbocycles. The van der Waals surface area contributed by atoms with E-state index in [1.54, 1.807) is 0 Å². The van der Waals surface area contributed by atoms with E-state index in [0.29, 0.717) is 25.7 Å². The van der Waals surface area contributed by atoms with Gasteiger partial charge in [-0.15, -0.1) is 0 Å². The molecule has 0 aromatic rings. The van der Waals surface area contributed by atoms with Crippen molar-refractivity contribution < 1.29 is 80.2 Å². The number of aliphatic hydroxyl groups is 1. The summed E-state index contributed by atoms with van der Waals surface area (Å²) in [6.45, 7) is 7.12. The van der Waals surface area contributed by atoms with Gasteiger partial charge in [-0.25, -0.2) is 9.13 Å². The molecule has 86 heavy (non-hydrogen) atoms. The van der Waals surface area contributed by atoms with E-state index in [4.69, 9.17) is 37.0 Å². The molecule has 5 atom stereocenters. The maximum atomic E-state index is 13.0. The van der Waals surface area contributed by atoms with Crippen molar-refractivity contribution in [2.75, 3.05) is 39.6 Å². The van der Waals surface area contributed by atoms with Crippen molar-refractivity contribution in [1.82, 2.24) is 0 Å². The number of carbonyl (C=O) groups is 4. The topological polar surface area (TPSA) is 237 Å². The Labute approximate surface area is 524 Å². The molecular weight excluding hydrogens is 1140 g/mol. The zero-order valence-corrected chi connectivity index (χ0v) is 57.2. The van der Waals surface area contributed by atoms with Gasteiger partial charge < -0.3 is 33.8 Å². The number of rotatable bonds is 67. The van der Waals surface area contributed by atoms with Crippen LogP contribution in [-0.4, -0.2) is 96.7 Å². The lowest BCUT2D eigenvalue weighted by atomic mass is 10.0. The van der Waals surface area contributed by atoms with Crippen LogP contribution >= 0.6 is 15.6 Å². The van der Waals surface area contributed by atoms with Gasteiger partial charge in [-0.2, -0.15) is 0 Å². The molecule has 2 unspecified atom stereocenters. The average Bonchev–Trinajstić information content (AvgIpc) is 3.53. The lowest BCUT2D eigenvalue weighted by Crippen LogP contribution is -2.30. The van der Waals surface area contributed by atoms with Crippen molar-refractivity contribution in [3.63, 3.8) is 0 Å². The lowest BCUT2D eigenvalue weighted by molar-refractivity contribution is -0.161. The molecule has 0 fully saturated rings. The van der Waals surface area contributed by atoms with Gasteiger partial charge in [-0.1, -0.05) is 291 Å². The fraction of sp³-hybridized carbons (Fsp3) is 0.940. The number of ether oxygens (including phenoxy) is 4. The summed E-state index contributed by atoms with van der Waals surface area (Å²) in [6, 6.07) is 0. The molecule has 0 aliphatic rings. The fourth-order valence-electron chi connectivity index (χ4n) is 10.1. The smallest absolute Gasteiger partial charge is 0.462 e. The monoisotopic (exact) mass is 1270 g/mol. The summed E-state index contributed by atoms with van der Waals surface area (Å²) in [4.78, 5) is 72.1. The highest BCUT2D eigenvalue weighted by Gasteiger charge is 2.30. The Hall–Kier alpha value is -1.94. The van der Waals surface area contributed by atoms with E-state index in [2.05, 4.69) is 34.6 Å². The van der Waals surface area contributed by atoms with Gasteiger partial charge in [-0.3, -0.25) is 37.3 Å². The quantitative estimate of drug-likeness (QED) is 0.0222. The molecule has 0 bridgehead atoms. The zero-order valence-electron chi connectivity index (χ0n) is 55.4. The number of unbranched alkanes of at least 4 members (excludes halogenated alkanes) is 39. The number of phosphoric ester groups is 2. The Morgan fingerprint density at radius 3 is 0.791 bits per heavy atom. The van der Waals surface area contributed by atoms with Crippen molar-refractivity contribution in [3.05, 3.63) is 0 Å². The molecule has 0 aliphatic carbocycles.